The van der Waals surface area contributed by atoms with E-state index in [0.29, 0.717) is 26.1 Å². The molecule has 0 heterocycles. The summed E-state index contributed by atoms with van der Waals surface area (Å²) in [6.45, 7) is 4.97. The van der Waals surface area contributed by atoms with Gasteiger partial charge in [-0.2, -0.15) is 0 Å². The van der Waals surface area contributed by atoms with Crippen molar-refractivity contribution in [2.24, 2.45) is 0 Å². The Bertz CT molecular complexity index is 502. The van der Waals surface area contributed by atoms with Crippen molar-refractivity contribution in [1.82, 2.24) is 10.2 Å². The second-order valence-corrected chi connectivity index (χ2v) is 10.3. The molecule has 0 aliphatic carbocycles. The maximum absolute atomic E-state index is 12.0. The second kappa shape index (κ2) is 26.9. The molecule has 3 N–H and O–H groups in total. The van der Waals surface area contributed by atoms with Crippen LogP contribution in [-0.2, 0) is 14.3 Å². The third-order valence-corrected chi connectivity index (χ3v) is 6.51. The zero-order valence-corrected chi connectivity index (χ0v) is 23.6. The van der Waals surface area contributed by atoms with Crippen LogP contribution in [0.5, 0.6) is 0 Å². The summed E-state index contributed by atoms with van der Waals surface area (Å²) in [5.41, 5.74) is 0. The first-order chi connectivity index (χ1) is 17.5. The van der Waals surface area contributed by atoms with Crippen molar-refractivity contribution in [1.29, 1.82) is 0 Å². The Hall–Kier alpha value is -1.18. The molecule has 0 rings (SSSR count). The highest BCUT2D eigenvalue weighted by Gasteiger charge is 2.12. The van der Waals surface area contributed by atoms with Crippen LogP contribution in [0.2, 0.25) is 0 Å². The first-order valence-corrected chi connectivity index (χ1v) is 14.9. The number of carbonyl (C=O) groups is 2. The van der Waals surface area contributed by atoms with Gasteiger partial charge in [0.25, 0.3) is 0 Å². The van der Waals surface area contributed by atoms with Gasteiger partial charge in [-0.15, -0.1) is 0 Å². The van der Waals surface area contributed by atoms with E-state index in [0.717, 1.165) is 12.8 Å². The number of hydrogen-bond acceptors (Lipinski definition) is 6. The molecule has 0 spiro atoms. The minimum Gasteiger partial charge on any atom is -0.462 e. The third-order valence-electron chi connectivity index (χ3n) is 6.51. The smallest absolute Gasteiger partial charge is 0.320 e. The van der Waals surface area contributed by atoms with Crippen molar-refractivity contribution in [2.45, 2.75) is 136 Å². The number of amides is 1. The van der Waals surface area contributed by atoms with Crippen molar-refractivity contribution in [3.8, 4) is 0 Å². The minimum absolute atomic E-state index is 0.0301. The number of unbranched alkanes of at least 4 members (excludes halogenated alkanes) is 16. The largest absolute Gasteiger partial charge is 0.462 e. The van der Waals surface area contributed by atoms with E-state index in [4.69, 9.17) is 4.74 Å². The van der Waals surface area contributed by atoms with Gasteiger partial charge in [0.2, 0.25) is 5.91 Å². The molecule has 0 aliphatic heterocycles. The molecule has 0 aliphatic rings. The molecule has 0 fully saturated rings. The quantitative estimate of drug-likeness (QED) is 0.101. The highest BCUT2D eigenvalue weighted by Crippen LogP contribution is 2.14. The Kier molecular flexibility index (Phi) is 26.0. The monoisotopic (exact) mass is 514 g/mol. The van der Waals surface area contributed by atoms with Crippen LogP contribution in [0, 0.1) is 0 Å². The van der Waals surface area contributed by atoms with Gasteiger partial charge in [0.05, 0.1) is 19.3 Å². The van der Waals surface area contributed by atoms with Crippen LogP contribution in [0.25, 0.3) is 0 Å². The Morgan fingerprint density at radius 2 is 1.25 bits per heavy atom. The van der Waals surface area contributed by atoms with Crippen molar-refractivity contribution >= 4 is 11.9 Å². The molecule has 1 atom stereocenters. The predicted molar refractivity (Wildman–Crippen MR) is 148 cm³/mol. The van der Waals surface area contributed by atoms with Crippen molar-refractivity contribution in [3.63, 3.8) is 0 Å². The van der Waals surface area contributed by atoms with Gasteiger partial charge in [0.1, 0.15) is 6.61 Å². The fraction of sp³-hybridized carbons (Fsp3) is 0.931. The summed E-state index contributed by atoms with van der Waals surface area (Å²) in [6, 6.07) is 0. The summed E-state index contributed by atoms with van der Waals surface area (Å²) < 4.78 is 4.95. The molecule has 0 bridgehead atoms. The Morgan fingerprint density at radius 1 is 0.778 bits per heavy atom. The van der Waals surface area contributed by atoms with Gasteiger partial charge in [-0.1, -0.05) is 110 Å². The first-order valence-electron chi connectivity index (χ1n) is 14.9. The van der Waals surface area contributed by atoms with Crippen LogP contribution in [0.1, 0.15) is 129 Å². The van der Waals surface area contributed by atoms with E-state index in [2.05, 4.69) is 12.2 Å². The number of ether oxygens (including phenoxy) is 1. The number of nitrogens with one attached hydrogen (secondary N) is 1. The molecular formula is C29H58N2O5. The van der Waals surface area contributed by atoms with Crippen LogP contribution >= 0.6 is 0 Å². The summed E-state index contributed by atoms with van der Waals surface area (Å²) >= 11 is 0. The van der Waals surface area contributed by atoms with Gasteiger partial charge < -0.3 is 20.3 Å². The molecule has 1 amide bonds. The van der Waals surface area contributed by atoms with Crippen molar-refractivity contribution < 1.29 is 24.5 Å². The lowest BCUT2D eigenvalue weighted by atomic mass is 10.0. The molecule has 1 unspecified atom stereocenters. The number of aliphatic hydroxyl groups excluding tert-OH is 2. The number of nitrogens with zero attached hydrogens (tertiary/aromatic N) is 1. The van der Waals surface area contributed by atoms with E-state index in [9.17, 15) is 19.8 Å². The van der Waals surface area contributed by atoms with Gasteiger partial charge in [-0.3, -0.25) is 14.5 Å². The maximum Gasteiger partial charge on any atom is 0.320 e. The van der Waals surface area contributed by atoms with E-state index in [-0.39, 0.29) is 25.7 Å². The molecule has 7 nitrogen and oxygen atoms in total. The number of hydrogen-bond donors (Lipinski definition) is 3. The molecule has 0 aromatic heterocycles. The summed E-state index contributed by atoms with van der Waals surface area (Å²) in [5, 5.41) is 21.2. The van der Waals surface area contributed by atoms with Gasteiger partial charge in [-0.05, 0) is 13.3 Å². The molecule has 0 aromatic carbocycles. The maximum atomic E-state index is 12.0. The van der Waals surface area contributed by atoms with E-state index in [1.54, 1.807) is 11.8 Å². The zero-order chi connectivity index (χ0) is 26.7. The number of esters is 1. The van der Waals surface area contributed by atoms with Crippen molar-refractivity contribution in [3.05, 3.63) is 0 Å². The lowest BCUT2D eigenvalue weighted by Crippen LogP contribution is -2.39. The summed E-state index contributed by atoms with van der Waals surface area (Å²) in [6.07, 6.45) is 22.4. The summed E-state index contributed by atoms with van der Waals surface area (Å²) in [4.78, 5) is 25.6. The summed E-state index contributed by atoms with van der Waals surface area (Å²) in [7, 11) is 0. The van der Waals surface area contributed by atoms with Crippen LogP contribution in [0.15, 0.2) is 0 Å². The Balaban J connectivity index is 3.50. The molecule has 0 saturated heterocycles. The lowest BCUT2D eigenvalue weighted by Gasteiger charge is -2.20. The fourth-order valence-electron chi connectivity index (χ4n) is 4.31. The fourth-order valence-corrected chi connectivity index (χ4v) is 4.31. The average Bonchev–Trinajstić information content (AvgIpc) is 2.84. The third kappa shape index (κ3) is 25.9. The predicted octanol–water partition coefficient (Wildman–Crippen LogP) is 5.36. The van der Waals surface area contributed by atoms with E-state index in [1.807, 2.05) is 0 Å². The molecule has 214 valence electrons. The summed E-state index contributed by atoms with van der Waals surface area (Å²) in [5.74, 6) is -0.407. The van der Waals surface area contributed by atoms with E-state index >= 15 is 0 Å². The van der Waals surface area contributed by atoms with Gasteiger partial charge in [0, 0.05) is 26.1 Å². The molecule has 0 aromatic rings. The molecule has 7 heteroatoms. The lowest BCUT2D eigenvalue weighted by molar-refractivity contribution is -0.147. The first kappa shape index (κ1) is 34.8. The normalized spacial score (nSPS) is 12.1. The number of rotatable bonds is 27. The number of carbonyl (C=O) groups excluding carboxylic acids is 2. The van der Waals surface area contributed by atoms with E-state index in [1.165, 1.54) is 96.3 Å². The van der Waals surface area contributed by atoms with Crippen LogP contribution in [-0.4, -0.2) is 72.5 Å². The minimum atomic E-state index is -0.700. The number of aliphatic hydroxyl groups is 2. The SMILES string of the molecule is CCCCCCCCCCCCCCCCCCCC(=O)NCCN(CCO)CC(=O)OCC(C)O. The highest BCUT2D eigenvalue weighted by molar-refractivity contribution is 5.75. The zero-order valence-electron chi connectivity index (χ0n) is 23.6. The molecular weight excluding hydrogens is 456 g/mol. The van der Waals surface area contributed by atoms with Crippen LogP contribution in [0.3, 0.4) is 0 Å². The van der Waals surface area contributed by atoms with Crippen molar-refractivity contribution in [2.75, 3.05) is 39.4 Å². The van der Waals surface area contributed by atoms with Gasteiger partial charge in [-0.25, -0.2) is 0 Å². The van der Waals surface area contributed by atoms with E-state index < -0.39 is 12.1 Å². The molecule has 36 heavy (non-hydrogen) atoms. The molecule has 0 radical (unpaired) electrons. The van der Waals surface area contributed by atoms with Gasteiger partial charge in [0.15, 0.2) is 0 Å². The Labute approximate surface area is 221 Å². The van der Waals surface area contributed by atoms with Crippen LogP contribution in [0.4, 0.5) is 0 Å². The average molecular weight is 515 g/mol. The van der Waals surface area contributed by atoms with Crippen LogP contribution < -0.4 is 5.32 Å². The topological polar surface area (TPSA) is 99.1 Å². The standard InChI is InChI=1S/C29H58N2O5/c1-3-4-5-6-7-8-9-10-11-12-13-14-15-16-17-18-19-20-28(34)30-21-22-31(23-24-32)25-29(35)36-26-27(2)33/h27,32-33H,3-26H2,1-2H3,(H,30,34). The second-order valence-electron chi connectivity index (χ2n) is 10.3. The highest BCUT2D eigenvalue weighted by atomic mass is 16.5. The Morgan fingerprint density at radius 3 is 1.69 bits per heavy atom. The molecule has 0 saturated carbocycles. The van der Waals surface area contributed by atoms with Gasteiger partial charge >= 0.3 is 5.97 Å².